The minimum atomic E-state index is -2.05. The van der Waals surface area contributed by atoms with E-state index in [9.17, 15) is 38.7 Å². The SMILES string of the molecule is CCN1CCN(C(=O)NC(C(=O)N[C@]2(NC=O)C(=O)N3C(C(=O)O)=C(CSN4CNCS4)CS[C@@H]32)c2ccc(N)cc2)C(=O)C1=O. The van der Waals surface area contributed by atoms with Crippen molar-refractivity contribution in [2.24, 2.45) is 0 Å². The average Bonchev–Trinajstić information content (AvgIpc) is 3.57. The maximum Gasteiger partial charge on any atom is 0.352 e. The third kappa shape index (κ3) is 6.21. The van der Waals surface area contributed by atoms with Crippen LogP contribution >= 0.6 is 35.7 Å². The number of nitrogen functional groups attached to an aromatic ring is 1. The second kappa shape index (κ2) is 13.8. The van der Waals surface area contributed by atoms with E-state index in [4.69, 9.17) is 5.73 Å². The molecule has 0 bridgehead atoms. The zero-order valence-corrected chi connectivity index (χ0v) is 26.8. The Morgan fingerprint density at radius 3 is 2.57 bits per heavy atom. The van der Waals surface area contributed by atoms with Gasteiger partial charge in [0.25, 0.3) is 5.91 Å². The van der Waals surface area contributed by atoms with Gasteiger partial charge in [0.15, 0.2) is 0 Å². The first-order valence-corrected chi connectivity index (χ1v) is 16.9. The van der Waals surface area contributed by atoms with Crippen LogP contribution in [0.2, 0.25) is 0 Å². The summed E-state index contributed by atoms with van der Waals surface area (Å²) in [5, 5.41) is 19.6. The average molecular weight is 694 g/mol. The second-order valence-electron chi connectivity index (χ2n) is 10.3. The number of hydrogen-bond donors (Lipinski definition) is 6. The minimum absolute atomic E-state index is 0.108. The monoisotopic (exact) mass is 693 g/mol. The number of anilines is 1. The first kappa shape index (κ1) is 33.4. The first-order chi connectivity index (χ1) is 22.0. The summed E-state index contributed by atoms with van der Waals surface area (Å²) in [4.78, 5) is 93.1. The molecule has 7 amide bonds. The minimum Gasteiger partial charge on any atom is -0.477 e. The third-order valence-corrected chi connectivity index (χ3v) is 11.3. The van der Waals surface area contributed by atoms with E-state index in [0.717, 1.165) is 22.5 Å². The van der Waals surface area contributed by atoms with E-state index in [1.165, 1.54) is 53.1 Å². The van der Waals surface area contributed by atoms with Gasteiger partial charge in [0.2, 0.25) is 18.0 Å². The number of carbonyl (C=O) groups excluding carboxylic acids is 6. The number of nitrogens with zero attached hydrogens (tertiary/aromatic N) is 4. The van der Waals surface area contributed by atoms with E-state index < -0.39 is 52.7 Å². The molecular formula is C26H31N9O8S3. The van der Waals surface area contributed by atoms with Gasteiger partial charge in [-0.1, -0.05) is 36.0 Å². The highest BCUT2D eigenvalue weighted by Gasteiger charge is 2.66. The number of rotatable bonds is 11. The maximum atomic E-state index is 13.9. The van der Waals surface area contributed by atoms with E-state index in [2.05, 4.69) is 21.3 Å². The highest BCUT2D eigenvalue weighted by Crippen LogP contribution is 2.46. The van der Waals surface area contributed by atoms with E-state index in [0.29, 0.717) is 28.6 Å². The van der Waals surface area contributed by atoms with Crippen molar-refractivity contribution in [3.63, 3.8) is 0 Å². The number of fused-ring (bicyclic) bond motifs is 1. The quantitative estimate of drug-likeness (QED) is 0.0393. The number of carbonyl (C=O) groups is 7. The third-order valence-electron chi connectivity index (χ3n) is 7.63. The number of imide groups is 1. The van der Waals surface area contributed by atoms with Crippen LogP contribution in [0.15, 0.2) is 35.5 Å². The molecule has 3 saturated heterocycles. The Morgan fingerprint density at radius 2 is 1.93 bits per heavy atom. The lowest BCUT2D eigenvalue weighted by atomic mass is 9.94. The van der Waals surface area contributed by atoms with Crippen molar-refractivity contribution >= 4 is 83.4 Å². The molecule has 20 heteroatoms. The Hall–Kier alpha value is -3.98. The number of nitrogens with two attached hydrogens (primary N) is 1. The van der Waals surface area contributed by atoms with E-state index in [1.54, 1.807) is 6.92 Å². The van der Waals surface area contributed by atoms with Crippen molar-refractivity contribution in [3.05, 3.63) is 41.1 Å². The van der Waals surface area contributed by atoms with Crippen LogP contribution in [0.1, 0.15) is 18.5 Å². The Balaban J connectivity index is 1.39. The molecule has 1 aromatic carbocycles. The van der Waals surface area contributed by atoms with Crippen LogP contribution in [0.3, 0.4) is 0 Å². The van der Waals surface area contributed by atoms with Crippen LogP contribution in [0.4, 0.5) is 10.5 Å². The molecule has 1 aromatic rings. The van der Waals surface area contributed by atoms with Crippen LogP contribution in [0, 0.1) is 0 Å². The van der Waals surface area contributed by atoms with Gasteiger partial charge in [-0.2, -0.15) is 3.71 Å². The van der Waals surface area contributed by atoms with E-state index >= 15 is 0 Å². The summed E-state index contributed by atoms with van der Waals surface area (Å²) in [5.74, 6) is -3.87. The molecule has 0 radical (unpaired) electrons. The fraction of sp³-hybridized carbons (Fsp3) is 0.423. The van der Waals surface area contributed by atoms with Gasteiger partial charge in [0.05, 0.1) is 12.5 Å². The van der Waals surface area contributed by atoms with Gasteiger partial charge < -0.3 is 31.7 Å². The summed E-state index contributed by atoms with van der Waals surface area (Å²) < 4.78 is 1.96. The first-order valence-electron chi connectivity index (χ1n) is 14.0. The van der Waals surface area contributed by atoms with Gasteiger partial charge in [-0.15, -0.1) is 11.8 Å². The zero-order valence-electron chi connectivity index (χ0n) is 24.4. The van der Waals surface area contributed by atoms with Gasteiger partial charge in [0, 0.05) is 36.8 Å². The topological polar surface area (TPSA) is 227 Å². The standard InChI is InChI=1S/C26H31N9O8S3/c1-2-32-7-8-33(21(39)20(32)38)25(43)30-17(14-3-5-16(27)6-4-14)19(37)31-26(29-12-36)23(42)35-18(22(40)41)15(9-44-24(26)35)10-45-34-11-28-13-46-34/h3-6,12,17,24,28H,2,7-11,13,27H2,1H3,(H,29,36)(H,30,43)(H,31,37)(H,40,41)/t17?,24-,26-/m1/s1. The predicted octanol–water partition coefficient (Wildman–Crippen LogP) is -1.36. The van der Waals surface area contributed by atoms with Crippen LogP contribution in [0.25, 0.3) is 0 Å². The lowest BCUT2D eigenvalue weighted by molar-refractivity contribution is -0.163. The predicted molar refractivity (Wildman–Crippen MR) is 169 cm³/mol. The number of thioether (sulfide) groups is 1. The number of amides is 7. The number of hydrogen-bond acceptors (Lipinski definition) is 13. The van der Waals surface area contributed by atoms with E-state index in [-0.39, 0.29) is 43.1 Å². The molecule has 4 aliphatic rings. The van der Waals surface area contributed by atoms with Gasteiger partial charge in [0.1, 0.15) is 17.1 Å². The molecule has 7 N–H and O–H groups in total. The molecule has 0 spiro atoms. The van der Waals surface area contributed by atoms with Crippen molar-refractivity contribution in [3.8, 4) is 0 Å². The van der Waals surface area contributed by atoms with Crippen LogP contribution in [-0.2, 0) is 28.8 Å². The fourth-order valence-corrected chi connectivity index (χ4v) is 8.67. The molecule has 0 saturated carbocycles. The number of piperazine rings is 1. The molecule has 4 aliphatic heterocycles. The molecule has 1 unspecified atom stereocenters. The number of aliphatic carboxylic acids is 1. The highest BCUT2D eigenvalue weighted by molar-refractivity contribution is 8.12. The number of carboxylic acid groups (broad SMARTS) is 1. The molecule has 3 fully saturated rings. The Kier molecular flexibility index (Phi) is 10.0. The Labute approximate surface area is 275 Å². The number of β-lactam (4-membered cyclic amide) rings is 1. The maximum absolute atomic E-state index is 13.9. The molecule has 46 heavy (non-hydrogen) atoms. The Bertz CT molecular complexity index is 1490. The van der Waals surface area contributed by atoms with Gasteiger partial charge in [-0.05, 0) is 30.2 Å². The van der Waals surface area contributed by atoms with E-state index in [1.807, 2.05) is 3.71 Å². The van der Waals surface area contributed by atoms with Gasteiger partial charge in [-0.25, -0.2) is 9.59 Å². The van der Waals surface area contributed by atoms with Crippen LogP contribution in [-0.4, -0.2) is 120 Å². The fourth-order valence-electron chi connectivity index (χ4n) is 5.27. The largest absolute Gasteiger partial charge is 0.477 e. The summed E-state index contributed by atoms with van der Waals surface area (Å²) in [6.07, 6.45) is 0.220. The van der Waals surface area contributed by atoms with Gasteiger partial charge in [-0.3, -0.25) is 39.1 Å². The van der Waals surface area contributed by atoms with Gasteiger partial charge >= 0.3 is 23.8 Å². The highest BCUT2D eigenvalue weighted by atomic mass is 32.2. The molecule has 246 valence electrons. The molecule has 5 rings (SSSR count). The smallest absolute Gasteiger partial charge is 0.352 e. The number of urea groups is 1. The molecular weight excluding hydrogens is 663 g/mol. The lowest BCUT2D eigenvalue weighted by Crippen LogP contribution is -2.85. The molecule has 0 aromatic heterocycles. The normalized spacial score (nSPS) is 23.9. The molecule has 17 nitrogen and oxygen atoms in total. The molecule has 0 aliphatic carbocycles. The number of nitrogens with one attached hydrogen (secondary N) is 4. The van der Waals surface area contributed by atoms with Crippen molar-refractivity contribution < 1.29 is 38.7 Å². The zero-order chi connectivity index (χ0) is 33.2. The number of carboxylic acids is 1. The number of likely N-dealkylation sites (N-methyl/N-ethyl adjacent to an activating group) is 1. The summed E-state index contributed by atoms with van der Waals surface area (Å²) >= 11 is 4.10. The summed E-state index contributed by atoms with van der Waals surface area (Å²) in [5.41, 5.74) is 4.60. The van der Waals surface area contributed by atoms with Crippen LogP contribution in [0.5, 0.6) is 0 Å². The van der Waals surface area contributed by atoms with Crippen LogP contribution < -0.4 is 27.0 Å². The summed E-state index contributed by atoms with van der Waals surface area (Å²) in [6, 6.07) is 3.31. The van der Waals surface area contributed by atoms with Crippen molar-refractivity contribution in [2.75, 3.05) is 49.4 Å². The Morgan fingerprint density at radius 1 is 1.20 bits per heavy atom. The molecule has 4 heterocycles. The summed E-state index contributed by atoms with van der Waals surface area (Å²) in [7, 11) is 0. The van der Waals surface area contributed by atoms with Crippen molar-refractivity contribution in [2.45, 2.75) is 24.0 Å². The lowest BCUT2D eigenvalue weighted by Gasteiger charge is -2.56. The summed E-state index contributed by atoms with van der Waals surface area (Å²) in [6.45, 7) is 2.57. The molecule has 3 atom stereocenters. The van der Waals surface area contributed by atoms with Crippen molar-refractivity contribution in [1.29, 1.82) is 0 Å². The van der Waals surface area contributed by atoms with Crippen molar-refractivity contribution in [1.82, 2.24) is 39.7 Å². The second-order valence-corrected chi connectivity index (χ2v) is 13.6. The number of benzene rings is 1.